The van der Waals surface area contributed by atoms with Crippen molar-refractivity contribution in [3.05, 3.63) is 51.8 Å². The van der Waals surface area contributed by atoms with Crippen LogP contribution in [0.15, 0.2) is 45.3 Å². The molecule has 0 amide bonds. The van der Waals surface area contributed by atoms with Crippen LogP contribution in [0.25, 0.3) is 0 Å². The van der Waals surface area contributed by atoms with Gasteiger partial charge in [0.15, 0.2) is 5.56 Å². The van der Waals surface area contributed by atoms with Crippen molar-refractivity contribution < 1.29 is 0 Å². The number of thioether (sulfide) groups is 1. The van der Waals surface area contributed by atoms with Crippen molar-refractivity contribution in [3.63, 3.8) is 0 Å². The van der Waals surface area contributed by atoms with Gasteiger partial charge in [0.05, 0.1) is 5.71 Å². The first kappa shape index (κ1) is 14.8. The summed E-state index contributed by atoms with van der Waals surface area (Å²) in [5.74, 6) is -0.0429. The van der Waals surface area contributed by atoms with Gasteiger partial charge >= 0.3 is 0 Å². The van der Waals surface area contributed by atoms with Crippen LogP contribution in [0.5, 0.6) is 0 Å². The standard InChI is InChI=1S/C14H13N5OS/c1-9(10-6-4-3-5-7-10)18-19-13(20)11(8-15)12(21-2)17-14(19)16/h3-7H,1-2H3,(H2,16,17)/b18-9+. The predicted molar refractivity (Wildman–Crippen MR) is 83.5 cm³/mol. The van der Waals surface area contributed by atoms with Crippen molar-refractivity contribution in [2.45, 2.75) is 11.9 Å². The molecule has 106 valence electrons. The van der Waals surface area contributed by atoms with Gasteiger partial charge in [0.25, 0.3) is 5.56 Å². The minimum atomic E-state index is -0.565. The highest BCUT2D eigenvalue weighted by atomic mass is 32.2. The van der Waals surface area contributed by atoms with E-state index in [0.717, 1.165) is 10.2 Å². The van der Waals surface area contributed by atoms with E-state index in [1.54, 1.807) is 13.2 Å². The second kappa shape index (κ2) is 6.24. The third kappa shape index (κ3) is 2.95. The number of hydrogen-bond donors (Lipinski definition) is 1. The second-order valence-corrected chi connectivity index (χ2v) is 4.93. The fourth-order valence-corrected chi connectivity index (χ4v) is 2.26. The van der Waals surface area contributed by atoms with E-state index in [-0.39, 0.29) is 11.5 Å². The van der Waals surface area contributed by atoms with E-state index in [0.29, 0.717) is 10.7 Å². The van der Waals surface area contributed by atoms with Gasteiger partial charge in [0.1, 0.15) is 11.1 Å². The predicted octanol–water partition coefficient (Wildman–Crippen LogP) is 1.69. The third-order valence-corrected chi connectivity index (χ3v) is 3.48. The van der Waals surface area contributed by atoms with Gasteiger partial charge in [-0.15, -0.1) is 11.8 Å². The molecule has 6 nitrogen and oxygen atoms in total. The third-order valence-electron chi connectivity index (χ3n) is 2.80. The van der Waals surface area contributed by atoms with Gasteiger partial charge < -0.3 is 5.73 Å². The summed E-state index contributed by atoms with van der Waals surface area (Å²) in [6.07, 6.45) is 1.73. The number of nitrogens with two attached hydrogens (primary N) is 1. The summed E-state index contributed by atoms with van der Waals surface area (Å²) in [5.41, 5.74) is 6.61. The number of benzene rings is 1. The highest BCUT2D eigenvalue weighted by molar-refractivity contribution is 7.98. The molecule has 0 bridgehead atoms. The normalized spacial score (nSPS) is 11.2. The maximum Gasteiger partial charge on any atom is 0.294 e. The van der Waals surface area contributed by atoms with Gasteiger partial charge in [-0.05, 0) is 18.7 Å². The summed E-state index contributed by atoms with van der Waals surface area (Å²) < 4.78 is 0.959. The quantitative estimate of drug-likeness (QED) is 0.528. The fraction of sp³-hybridized carbons (Fsp3) is 0.143. The van der Waals surface area contributed by atoms with Crippen LogP contribution in [-0.2, 0) is 0 Å². The van der Waals surface area contributed by atoms with Gasteiger partial charge in [0, 0.05) is 0 Å². The first-order valence-corrected chi connectivity index (χ1v) is 7.28. The lowest BCUT2D eigenvalue weighted by molar-refractivity contribution is 0.785. The molecule has 0 unspecified atom stereocenters. The van der Waals surface area contributed by atoms with Crippen molar-refractivity contribution in [1.82, 2.24) is 9.66 Å². The van der Waals surface area contributed by atoms with Crippen molar-refractivity contribution in [2.24, 2.45) is 5.10 Å². The number of nitriles is 1. The Morgan fingerprint density at radius 2 is 2.10 bits per heavy atom. The first-order chi connectivity index (χ1) is 10.1. The summed E-state index contributed by atoms with van der Waals surface area (Å²) in [7, 11) is 0. The zero-order chi connectivity index (χ0) is 15.4. The maximum absolute atomic E-state index is 12.3. The minimum Gasteiger partial charge on any atom is -0.368 e. The van der Waals surface area contributed by atoms with E-state index in [4.69, 9.17) is 11.0 Å². The Labute approximate surface area is 125 Å². The molecule has 7 heteroatoms. The number of aromatic nitrogens is 2. The smallest absolute Gasteiger partial charge is 0.294 e. The number of hydrogen-bond acceptors (Lipinski definition) is 6. The molecule has 2 rings (SSSR count). The molecule has 0 aliphatic heterocycles. The van der Waals surface area contributed by atoms with Gasteiger partial charge in [-0.1, -0.05) is 30.3 Å². The molecule has 1 heterocycles. The average Bonchev–Trinajstić information content (AvgIpc) is 2.51. The molecule has 2 aromatic rings. The summed E-state index contributed by atoms with van der Waals surface area (Å²) in [6.45, 7) is 1.76. The Balaban J connectivity index is 2.61. The van der Waals surface area contributed by atoms with E-state index >= 15 is 0 Å². The Hall–Kier alpha value is -2.59. The summed E-state index contributed by atoms with van der Waals surface area (Å²) in [4.78, 5) is 16.3. The summed E-state index contributed by atoms with van der Waals surface area (Å²) >= 11 is 1.20. The molecule has 0 saturated heterocycles. The monoisotopic (exact) mass is 299 g/mol. The van der Waals surface area contributed by atoms with Crippen LogP contribution in [-0.4, -0.2) is 21.6 Å². The highest BCUT2D eigenvalue weighted by Gasteiger charge is 2.14. The fourth-order valence-electron chi connectivity index (χ4n) is 1.74. The Morgan fingerprint density at radius 1 is 1.43 bits per heavy atom. The van der Waals surface area contributed by atoms with E-state index in [1.165, 1.54) is 11.8 Å². The molecular weight excluding hydrogens is 286 g/mol. The Kier molecular flexibility index (Phi) is 4.40. The van der Waals surface area contributed by atoms with Crippen LogP contribution in [0.4, 0.5) is 5.95 Å². The summed E-state index contributed by atoms with van der Waals surface area (Å²) in [6, 6.07) is 11.2. The highest BCUT2D eigenvalue weighted by Crippen LogP contribution is 2.15. The van der Waals surface area contributed by atoms with E-state index in [1.807, 2.05) is 36.4 Å². The lowest BCUT2D eigenvalue weighted by Crippen LogP contribution is -2.25. The van der Waals surface area contributed by atoms with Gasteiger partial charge in [-0.2, -0.15) is 15.0 Å². The van der Waals surface area contributed by atoms with Crippen LogP contribution in [0.2, 0.25) is 0 Å². The average molecular weight is 299 g/mol. The number of rotatable bonds is 3. The molecular formula is C14H13N5OS. The molecule has 2 N–H and O–H groups in total. The van der Waals surface area contributed by atoms with Gasteiger partial charge in [-0.25, -0.2) is 4.98 Å². The minimum absolute atomic E-state index is 0.0429. The van der Waals surface area contributed by atoms with Crippen LogP contribution < -0.4 is 11.3 Å². The Bertz CT molecular complexity index is 789. The number of nitrogen functional groups attached to an aromatic ring is 1. The van der Waals surface area contributed by atoms with Crippen LogP contribution >= 0.6 is 11.8 Å². The summed E-state index contributed by atoms with van der Waals surface area (Å²) in [5, 5.41) is 13.6. The molecule has 0 radical (unpaired) electrons. The van der Waals surface area contributed by atoms with Crippen molar-refractivity contribution >= 4 is 23.4 Å². The number of anilines is 1. The lowest BCUT2D eigenvalue weighted by atomic mass is 10.1. The zero-order valence-electron chi connectivity index (χ0n) is 11.6. The molecule has 21 heavy (non-hydrogen) atoms. The molecule has 0 fully saturated rings. The first-order valence-electron chi connectivity index (χ1n) is 6.06. The largest absolute Gasteiger partial charge is 0.368 e. The molecule has 0 spiro atoms. The van der Waals surface area contributed by atoms with Crippen molar-refractivity contribution in [2.75, 3.05) is 12.0 Å². The van der Waals surface area contributed by atoms with E-state index < -0.39 is 5.56 Å². The van der Waals surface area contributed by atoms with E-state index in [9.17, 15) is 4.79 Å². The van der Waals surface area contributed by atoms with Crippen LogP contribution in [0, 0.1) is 11.3 Å². The van der Waals surface area contributed by atoms with Crippen LogP contribution in [0.3, 0.4) is 0 Å². The Morgan fingerprint density at radius 3 is 2.67 bits per heavy atom. The molecule has 0 aliphatic rings. The second-order valence-electron chi connectivity index (χ2n) is 4.13. The lowest BCUT2D eigenvalue weighted by Gasteiger charge is -2.07. The van der Waals surface area contributed by atoms with Gasteiger partial charge in [-0.3, -0.25) is 4.79 Å². The SMILES string of the molecule is CSc1nc(N)n(/N=C(\C)c2ccccc2)c(=O)c1C#N. The van der Waals surface area contributed by atoms with Crippen LogP contribution in [0.1, 0.15) is 18.1 Å². The molecule has 0 aliphatic carbocycles. The van der Waals surface area contributed by atoms with Crippen molar-refractivity contribution in [1.29, 1.82) is 5.26 Å². The molecule has 0 atom stereocenters. The van der Waals surface area contributed by atoms with Gasteiger partial charge in [0.2, 0.25) is 5.95 Å². The molecule has 0 saturated carbocycles. The maximum atomic E-state index is 12.3. The number of nitrogens with zero attached hydrogens (tertiary/aromatic N) is 4. The molecule has 1 aromatic heterocycles. The molecule has 1 aromatic carbocycles. The topological polar surface area (TPSA) is 97.1 Å². The zero-order valence-corrected chi connectivity index (χ0v) is 12.4. The van der Waals surface area contributed by atoms with E-state index in [2.05, 4.69) is 10.1 Å². The van der Waals surface area contributed by atoms with Crippen molar-refractivity contribution in [3.8, 4) is 6.07 Å².